The molecule has 1 atom stereocenters. The Morgan fingerprint density at radius 2 is 1.33 bits per heavy atom. The lowest BCUT2D eigenvalue weighted by atomic mass is 10.0. The van der Waals surface area contributed by atoms with Gasteiger partial charge in [0.1, 0.15) is 17.6 Å². The van der Waals surface area contributed by atoms with Crippen molar-refractivity contribution in [3.05, 3.63) is 0 Å². The van der Waals surface area contributed by atoms with E-state index in [0.717, 1.165) is 38.5 Å². The molecule has 0 aromatic carbocycles. The van der Waals surface area contributed by atoms with Crippen LogP contribution in [0.2, 0.25) is 0 Å². The molecule has 0 unspecified atom stereocenters. The van der Waals surface area contributed by atoms with Crippen LogP contribution in [0.25, 0.3) is 0 Å². The van der Waals surface area contributed by atoms with Crippen molar-refractivity contribution < 1.29 is 24.7 Å². The summed E-state index contributed by atoms with van der Waals surface area (Å²) >= 11 is 0. The second-order valence-electron chi connectivity index (χ2n) is 7.63. The molecule has 1 amide bonds. The maximum Gasteiger partial charge on any atom is 0.265 e. The Hall–Kier alpha value is -1.31. The Bertz CT molecular complexity index is 440. The summed E-state index contributed by atoms with van der Waals surface area (Å²) in [6, 6.07) is -1.16. The zero-order valence-electron chi connectivity index (χ0n) is 17.0. The summed E-state index contributed by atoms with van der Waals surface area (Å²) in [5, 5.41) is 18.6. The van der Waals surface area contributed by atoms with Gasteiger partial charge in [-0.15, -0.1) is 0 Å². The van der Waals surface area contributed by atoms with Gasteiger partial charge < -0.3 is 10.8 Å². The maximum atomic E-state index is 11.8. The van der Waals surface area contributed by atoms with E-state index < -0.39 is 18.6 Å². The number of unbranched alkanes of at least 4 members (excludes halogenated alkanes) is 4. The number of aliphatic hydroxyl groups excluding tert-OH is 1. The normalized spacial score (nSPS) is 12.2. The van der Waals surface area contributed by atoms with Gasteiger partial charge in [-0.25, -0.2) is 5.06 Å². The lowest BCUT2D eigenvalue weighted by Gasteiger charge is -2.17. The molecule has 0 aliphatic carbocycles. The van der Waals surface area contributed by atoms with Crippen LogP contribution in [0.5, 0.6) is 0 Å². The number of nitrogens with two attached hydrogens (primary N) is 1. The van der Waals surface area contributed by atoms with Crippen molar-refractivity contribution in [3.63, 3.8) is 0 Å². The highest BCUT2D eigenvalue weighted by atomic mass is 16.5. The third-order valence-electron chi connectivity index (χ3n) is 4.52. The lowest BCUT2D eigenvalue weighted by molar-refractivity contribution is -0.168. The number of ketones is 2. The van der Waals surface area contributed by atoms with Crippen molar-refractivity contribution in [2.45, 2.75) is 90.5 Å². The van der Waals surface area contributed by atoms with Crippen molar-refractivity contribution in [1.82, 2.24) is 5.06 Å². The Kier molecular flexibility index (Phi) is 15.0. The molecule has 7 heteroatoms. The van der Waals surface area contributed by atoms with Crippen LogP contribution < -0.4 is 5.73 Å². The number of carbonyl (C=O) groups excluding carboxylic acids is 3. The van der Waals surface area contributed by atoms with Crippen molar-refractivity contribution in [2.75, 3.05) is 13.2 Å². The van der Waals surface area contributed by atoms with Gasteiger partial charge in [0.15, 0.2) is 0 Å². The number of hydrogen-bond donors (Lipinski definition) is 3. The van der Waals surface area contributed by atoms with Gasteiger partial charge in [-0.2, -0.15) is 0 Å². The number of nitrogens with zero attached hydrogens (tertiary/aromatic N) is 1. The molecule has 0 bridgehead atoms. The van der Waals surface area contributed by atoms with Crippen molar-refractivity contribution in [2.24, 2.45) is 11.7 Å². The lowest BCUT2D eigenvalue weighted by Crippen LogP contribution is -2.44. The van der Waals surface area contributed by atoms with Crippen LogP contribution in [0.1, 0.15) is 84.5 Å². The van der Waals surface area contributed by atoms with Crippen molar-refractivity contribution >= 4 is 17.5 Å². The van der Waals surface area contributed by atoms with Gasteiger partial charge in [0.25, 0.3) is 5.91 Å². The minimum Gasteiger partial charge on any atom is -0.394 e. The molecule has 0 saturated heterocycles. The highest BCUT2D eigenvalue weighted by molar-refractivity contribution is 5.82. The first-order valence-electron chi connectivity index (χ1n) is 10.2. The van der Waals surface area contributed by atoms with Crippen LogP contribution in [-0.2, 0) is 14.4 Å². The number of carbonyl (C=O) groups is 3. The fraction of sp³-hybridized carbons (Fsp3) is 0.850. The molecular formula is C20H38N2O5. The molecule has 0 aromatic rings. The Morgan fingerprint density at radius 3 is 1.81 bits per heavy atom. The number of hydrogen-bond acceptors (Lipinski definition) is 6. The van der Waals surface area contributed by atoms with Crippen LogP contribution in [0.3, 0.4) is 0 Å². The first-order valence-corrected chi connectivity index (χ1v) is 10.2. The largest absolute Gasteiger partial charge is 0.394 e. The van der Waals surface area contributed by atoms with Gasteiger partial charge in [-0.3, -0.25) is 19.6 Å². The van der Waals surface area contributed by atoms with E-state index in [1.807, 2.05) is 0 Å². The van der Waals surface area contributed by atoms with Gasteiger partial charge in [0, 0.05) is 25.7 Å². The molecule has 7 nitrogen and oxygen atoms in total. The summed E-state index contributed by atoms with van der Waals surface area (Å²) in [4.78, 5) is 35.0. The molecule has 0 spiro atoms. The van der Waals surface area contributed by atoms with Crippen LogP contribution in [-0.4, -0.2) is 52.0 Å². The number of hydroxylamine groups is 2. The second-order valence-corrected chi connectivity index (χ2v) is 7.63. The predicted molar refractivity (Wildman–Crippen MR) is 104 cm³/mol. The van der Waals surface area contributed by atoms with E-state index in [1.54, 1.807) is 0 Å². The second kappa shape index (κ2) is 15.7. The SMILES string of the molecule is CC(C)CCCCC(=O)CCCCCCC(=O)CCN(O)C(=O)[C@@H](N)CO. The van der Waals surface area contributed by atoms with Crippen LogP contribution in [0, 0.1) is 5.92 Å². The van der Waals surface area contributed by atoms with Crippen molar-refractivity contribution in [3.8, 4) is 0 Å². The Balaban J connectivity index is 3.60. The van der Waals surface area contributed by atoms with E-state index in [4.69, 9.17) is 10.8 Å². The molecular weight excluding hydrogens is 348 g/mol. The summed E-state index contributed by atoms with van der Waals surface area (Å²) in [5.41, 5.74) is 5.31. The zero-order chi connectivity index (χ0) is 20.7. The molecule has 0 fully saturated rings. The Morgan fingerprint density at radius 1 is 0.852 bits per heavy atom. The van der Waals surface area contributed by atoms with E-state index in [1.165, 1.54) is 6.42 Å². The summed E-state index contributed by atoms with van der Waals surface area (Å²) in [6.07, 6.45) is 8.50. The predicted octanol–water partition coefficient (Wildman–Crippen LogP) is 2.61. The molecule has 0 aromatic heterocycles. The third-order valence-corrected chi connectivity index (χ3v) is 4.52. The molecule has 158 valence electrons. The standard InChI is InChI=1S/C20H38N2O5/c1-16(2)9-7-8-12-17(24)10-5-3-4-6-11-18(25)13-14-22(27)20(26)19(21)15-23/h16,19,23,27H,3-15,21H2,1-2H3/t19-/m0/s1. The summed E-state index contributed by atoms with van der Waals surface area (Å²) in [6.45, 7) is 3.72. The average Bonchev–Trinajstić information content (AvgIpc) is 2.64. The molecule has 27 heavy (non-hydrogen) atoms. The number of Topliss-reactive ketones (excluding diaryl/α,β-unsaturated/α-hetero) is 2. The number of aliphatic hydroxyl groups is 1. The van der Waals surface area contributed by atoms with Crippen LogP contribution >= 0.6 is 0 Å². The summed E-state index contributed by atoms with van der Waals surface area (Å²) in [7, 11) is 0. The molecule has 0 rings (SSSR count). The molecule has 4 N–H and O–H groups in total. The quantitative estimate of drug-likeness (QED) is 0.201. The van der Waals surface area contributed by atoms with E-state index >= 15 is 0 Å². The van der Waals surface area contributed by atoms with Crippen molar-refractivity contribution in [1.29, 1.82) is 0 Å². The van der Waals surface area contributed by atoms with Crippen LogP contribution in [0.4, 0.5) is 0 Å². The van der Waals surface area contributed by atoms with Gasteiger partial charge in [0.05, 0.1) is 13.2 Å². The molecule has 0 aliphatic heterocycles. The van der Waals surface area contributed by atoms with E-state index in [9.17, 15) is 19.6 Å². The molecule has 0 aliphatic rings. The highest BCUT2D eigenvalue weighted by Crippen LogP contribution is 2.12. The first kappa shape index (κ1) is 25.7. The van der Waals surface area contributed by atoms with E-state index in [2.05, 4.69) is 13.8 Å². The van der Waals surface area contributed by atoms with Gasteiger partial charge in [0.2, 0.25) is 0 Å². The minimum absolute atomic E-state index is 0.0272. The molecule has 0 radical (unpaired) electrons. The topological polar surface area (TPSA) is 121 Å². The third kappa shape index (κ3) is 14.4. The first-order chi connectivity index (χ1) is 12.8. The van der Waals surface area contributed by atoms with Crippen LogP contribution in [0.15, 0.2) is 0 Å². The average molecular weight is 387 g/mol. The summed E-state index contributed by atoms with van der Waals surface area (Å²) in [5.74, 6) is 0.213. The molecule has 0 heterocycles. The smallest absolute Gasteiger partial charge is 0.265 e. The minimum atomic E-state index is -1.16. The number of amides is 1. The zero-order valence-corrected chi connectivity index (χ0v) is 17.0. The monoisotopic (exact) mass is 386 g/mol. The maximum absolute atomic E-state index is 11.8. The van der Waals surface area contributed by atoms with E-state index in [0.29, 0.717) is 36.0 Å². The fourth-order valence-electron chi connectivity index (χ4n) is 2.73. The Labute approximate surface area is 163 Å². The van der Waals surface area contributed by atoms with Gasteiger partial charge in [-0.1, -0.05) is 39.5 Å². The van der Waals surface area contributed by atoms with Gasteiger partial charge >= 0.3 is 0 Å². The molecule has 0 saturated carbocycles. The summed E-state index contributed by atoms with van der Waals surface area (Å²) < 4.78 is 0. The number of rotatable bonds is 17. The fourth-order valence-corrected chi connectivity index (χ4v) is 2.73. The highest BCUT2D eigenvalue weighted by Gasteiger charge is 2.19. The van der Waals surface area contributed by atoms with E-state index in [-0.39, 0.29) is 18.7 Å². The van der Waals surface area contributed by atoms with Gasteiger partial charge in [-0.05, 0) is 25.2 Å².